The number of ether oxygens (including phenoxy) is 1. The quantitative estimate of drug-likeness (QED) is 0.912. The second kappa shape index (κ2) is 6.62. The summed E-state index contributed by atoms with van der Waals surface area (Å²) in [5, 5.41) is 6.43. The summed E-state index contributed by atoms with van der Waals surface area (Å²) in [5.41, 5.74) is 1.36. The second-order valence-corrected chi connectivity index (χ2v) is 5.79. The highest BCUT2D eigenvalue weighted by Gasteiger charge is 2.33. The van der Waals surface area contributed by atoms with Gasteiger partial charge in [-0.3, -0.25) is 9.59 Å². The number of hydrogen-bond donors (Lipinski definition) is 1. The van der Waals surface area contributed by atoms with Gasteiger partial charge in [0.05, 0.1) is 18.2 Å². The smallest absolute Gasteiger partial charge is 0.417 e. The summed E-state index contributed by atoms with van der Waals surface area (Å²) in [7, 11) is 0. The van der Waals surface area contributed by atoms with Gasteiger partial charge in [-0.25, -0.2) is 9.69 Å². The van der Waals surface area contributed by atoms with Crippen molar-refractivity contribution in [3.63, 3.8) is 0 Å². The normalized spacial score (nSPS) is 15.4. The van der Waals surface area contributed by atoms with Gasteiger partial charge in [0.25, 0.3) is 11.8 Å². The fourth-order valence-electron chi connectivity index (χ4n) is 2.30. The van der Waals surface area contributed by atoms with Crippen molar-refractivity contribution in [2.45, 2.75) is 6.04 Å². The van der Waals surface area contributed by atoms with Crippen LogP contribution in [0.3, 0.4) is 0 Å². The molecule has 0 radical (unpaired) electrons. The van der Waals surface area contributed by atoms with Crippen LogP contribution in [0.25, 0.3) is 0 Å². The largest absolute Gasteiger partial charge is 0.439 e. The summed E-state index contributed by atoms with van der Waals surface area (Å²) in [5.74, 6) is -0.652. The Bertz CT molecular complexity index is 699. The van der Waals surface area contributed by atoms with Crippen LogP contribution in [0.15, 0.2) is 47.2 Å². The van der Waals surface area contributed by atoms with Gasteiger partial charge >= 0.3 is 6.09 Å². The Hall–Kier alpha value is -2.67. The van der Waals surface area contributed by atoms with E-state index in [-0.39, 0.29) is 19.1 Å². The number of imide groups is 1. The molecule has 0 spiro atoms. The molecule has 1 aromatic carbocycles. The number of benzene rings is 1. The van der Waals surface area contributed by atoms with Crippen LogP contribution in [0.1, 0.15) is 22.0 Å². The molecule has 7 heteroatoms. The van der Waals surface area contributed by atoms with Crippen LogP contribution in [0, 0.1) is 0 Å². The zero-order chi connectivity index (χ0) is 16.2. The molecule has 0 aliphatic carbocycles. The summed E-state index contributed by atoms with van der Waals surface area (Å²) in [6.45, 7) is -0.212. The van der Waals surface area contributed by atoms with E-state index in [2.05, 4.69) is 5.32 Å². The number of hydrogen-bond acceptors (Lipinski definition) is 5. The van der Waals surface area contributed by atoms with Gasteiger partial charge in [0.2, 0.25) is 0 Å². The van der Waals surface area contributed by atoms with Crippen LogP contribution in [-0.4, -0.2) is 36.0 Å². The van der Waals surface area contributed by atoms with E-state index in [0.717, 1.165) is 10.5 Å². The number of rotatable bonds is 5. The van der Waals surface area contributed by atoms with Crippen LogP contribution in [0.5, 0.6) is 0 Å². The van der Waals surface area contributed by atoms with Crippen molar-refractivity contribution in [1.29, 1.82) is 0 Å². The number of thiophene rings is 1. The van der Waals surface area contributed by atoms with E-state index in [1.165, 1.54) is 11.3 Å². The molecule has 1 N–H and O–H groups in total. The lowest BCUT2D eigenvalue weighted by atomic mass is 10.1. The van der Waals surface area contributed by atoms with Crippen molar-refractivity contribution in [3.8, 4) is 0 Å². The van der Waals surface area contributed by atoms with Crippen molar-refractivity contribution in [1.82, 2.24) is 10.2 Å². The molecule has 3 amide bonds. The van der Waals surface area contributed by atoms with Crippen molar-refractivity contribution in [2.24, 2.45) is 0 Å². The van der Waals surface area contributed by atoms with Gasteiger partial charge < -0.3 is 10.1 Å². The van der Waals surface area contributed by atoms with Crippen LogP contribution in [-0.2, 0) is 9.53 Å². The summed E-state index contributed by atoms with van der Waals surface area (Å²) in [4.78, 5) is 36.7. The van der Waals surface area contributed by atoms with E-state index in [0.29, 0.717) is 5.56 Å². The van der Waals surface area contributed by atoms with Crippen molar-refractivity contribution < 1.29 is 19.1 Å². The molecule has 118 valence electrons. The molecule has 1 atom stereocenters. The fourth-order valence-corrected chi connectivity index (χ4v) is 2.93. The molecule has 0 bridgehead atoms. The highest BCUT2D eigenvalue weighted by atomic mass is 32.1. The average molecular weight is 330 g/mol. The Morgan fingerprint density at radius 1 is 1.26 bits per heavy atom. The maximum atomic E-state index is 12.3. The van der Waals surface area contributed by atoms with Crippen molar-refractivity contribution >= 4 is 29.2 Å². The lowest BCUT2D eigenvalue weighted by Gasteiger charge is -2.22. The fraction of sp³-hybridized carbons (Fsp3) is 0.188. The predicted molar refractivity (Wildman–Crippen MR) is 84.0 cm³/mol. The number of amides is 3. The third-order valence-electron chi connectivity index (χ3n) is 3.50. The lowest BCUT2D eigenvalue weighted by molar-refractivity contribution is -0.126. The Labute approximate surface area is 136 Å². The number of cyclic esters (lactones) is 1. The zero-order valence-electron chi connectivity index (χ0n) is 12.1. The zero-order valence-corrected chi connectivity index (χ0v) is 12.9. The van der Waals surface area contributed by atoms with E-state index in [4.69, 9.17) is 4.74 Å². The molecule has 1 aromatic heterocycles. The first-order chi connectivity index (χ1) is 11.1. The van der Waals surface area contributed by atoms with Gasteiger partial charge in [-0.1, -0.05) is 30.3 Å². The first kappa shape index (κ1) is 15.2. The second-order valence-electron chi connectivity index (χ2n) is 5.01. The van der Waals surface area contributed by atoms with E-state index >= 15 is 0 Å². The molecule has 0 saturated carbocycles. The average Bonchev–Trinajstić information content (AvgIpc) is 3.20. The van der Waals surface area contributed by atoms with Crippen LogP contribution < -0.4 is 5.32 Å². The monoisotopic (exact) mass is 330 g/mol. The number of nitrogens with one attached hydrogen (secondary N) is 1. The summed E-state index contributed by atoms with van der Waals surface area (Å²) in [6, 6.07) is 10.4. The molecule has 1 fully saturated rings. The highest BCUT2D eigenvalue weighted by molar-refractivity contribution is 7.08. The van der Waals surface area contributed by atoms with Gasteiger partial charge in [-0.05, 0) is 17.0 Å². The third-order valence-corrected chi connectivity index (χ3v) is 4.18. The summed E-state index contributed by atoms with van der Waals surface area (Å²) >= 11 is 1.43. The molecule has 23 heavy (non-hydrogen) atoms. The topological polar surface area (TPSA) is 75.7 Å². The van der Waals surface area contributed by atoms with E-state index in [1.807, 2.05) is 35.7 Å². The summed E-state index contributed by atoms with van der Waals surface area (Å²) in [6.07, 6.45) is -0.680. The molecular formula is C16H14N2O4S. The minimum Gasteiger partial charge on any atom is -0.439 e. The molecule has 1 saturated heterocycles. The number of carbonyl (C=O) groups excluding carboxylic acids is 3. The minimum absolute atomic E-state index is 0.0392. The SMILES string of the molecule is O=C(N[C@@H](CN1C(=O)COC1=O)c1ccccc1)c1ccsc1. The number of carbonyl (C=O) groups is 3. The summed E-state index contributed by atoms with van der Waals surface area (Å²) < 4.78 is 4.72. The van der Waals surface area contributed by atoms with E-state index in [1.54, 1.807) is 11.4 Å². The van der Waals surface area contributed by atoms with E-state index in [9.17, 15) is 14.4 Å². The molecule has 1 aliphatic heterocycles. The Balaban J connectivity index is 1.81. The maximum Gasteiger partial charge on any atom is 0.417 e. The van der Waals surface area contributed by atoms with Gasteiger partial charge in [-0.2, -0.15) is 11.3 Å². The van der Waals surface area contributed by atoms with Gasteiger partial charge in [0.15, 0.2) is 6.61 Å². The molecule has 1 aliphatic rings. The molecule has 2 aromatic rings. The van der Waals surface area contributed by atoms with Gasteiger partial charge in [-0.15, -0.1) is 0 Å². The van der Waals surface area contributed by atoms with Crippen molar-refractivity contribution in [2.75, 3.05) is 13.2 Å². The lowest BCUT2D eigenvalue weighted by Crippen LogP contribution is -2.40. The first-order valence-corrected chi connectivity index (χ1v) is 7.94. The molecule has 0 unspecified atom stereocenters. The van der Waals surface area contributed by atoms with Crippen molar-refractivity contribution in [3.05, 3.63) is 58.3 Å². The van der Waals surface area contributed by atoms with Crippen LogP contribution in [0.4, 0.5) is 4.79 Å². The van der Waals surface area contributed by atoms with Crippen LogP contribution in [0.2, 0.25) is 0 Å². The molecule has 2 heterocycles. The highest BCUT2D eigenvalue weighted by Crippen LogP contribution is 2.18. The third kappa shape index (κ3) is 3.40. The number of nitrogens with zero attached hydrogens (tertiary/aromatic N) is 1. The Morgan fingerprint density at radius 3 is 2.65 bits per heavy atom. The standard InChI is InChI=1S/C16H14N2O4S/c19-14-9-22-16(21)18(14)8-13(11-4-2-1-3-5-11)17-15(20)12-6-7-23-10-12/h1-7,10,13H,8-9H2,(H,17,20)/t13-/m0/s1. The van der Waals surface area contributed by atoms with Gasteiger partial charge in [0.1, 0.15) is 0 Å². The van der Waals surface area contributed by atoms with Gasteiger partial charge in [0, 0.05) is 5.38 Å². The molecule has 3 rings (SSSR count). The van der Waals surface area contributed by atoms with E-state index < -0.39 is 18.0 Å². The first-order valence-electron chi connectivity index (χ1n) is 7.00. The Kier molecular flexibility index (Phi) is 4.38. The Morgan fingerprint density at radius 2 is 2.04 bits per heavy atom. The molecular weight excluding hydrogens is 316 g/mol. The predicted octanol–water partition coefficient (Wildman–Crippen LogP) is 2.20. The minimum atomic E-state index is -0.680. The molecule has 6 nitrogen and oxygen atoms in total. The maximum absolute atomic E-state index is 12.3. The van der Waals surface area contributed by atoms with Crippen LogP contribution >= 0.6 is 11.3 Å².